The van der Waals surface area contributed by atoms with Crippen molar-refractivity contribution in [2.75, 3.05) is 18.8 Å². The molecule has 7 nitrogen and oxygen atoms in total. The van der Waals surface area contributed by atoms with Crippen molar-refractivity contribution in [3.63, 3.8) is 0 Å². The van der Waals surface area contributed by atoms with Crippen LogP contribution in [-0.4, -0.2) is 44.2 Å². The lowest BCUT2D eigenvalue weighted by molar-refractivity contribution is 0.110. The summed E-state index contributed by atoms with van der Waals surface area (Å²) in [5.41, 5.74) is 10.1. The Morgan fingerprint density at radius 3 is 2.76 bits per heavy atom. The molecule has 33 heavy (non-hydrogen) atoms. The van der Waals surface area contributed by atoms with Gasteiger partial charge in [0.15, 0.2) is 0 Å². The first-order valence-corrected chi connectivity index (χ1v) is 11.0. The van der Waals surface area contributed by atoms with Crippen LogP contribution in [0.4, 0.5) is 10.1 Å². The molecule has 0 unspecified atom stereocenters. The summed E-state index contributed by atoms with van der Waals surface area (Å²) in [5.74, 6) is -0.0540. The molecule has 2 aromatic carbocycles. The molecule has 0 aliphatic carbocycles. The van der Waals surface area contributed by atoms with Gasteiger partial charge in [0, 0.05) is 53.0 Å². The van der Waals surface area contributed by atoms with Crippen LogP contribution < -0.4 is 11.3 Å². The zero-order valence-electron chi connectivity index (χ0n) is 18.3. The molecule has 0 saturated carbocycles. The van der Waals surface area contributed by atoms with Gasteiger partial charge in [0.1, 0.15) is 17.0 Å². The Kier molecular flexibility index (Phi) is 4.28. The number of nitrogens with one attached hydrogen (secondary N) is 2. The highest BCUT2D eigenvalue weighted by molar-refractivity contribution is 6.14. The minimum Gasteiger partial charge on any atom is -0.394 e. The van der Waals surface area contributed by atoms with E-state index in [1.807, 2.05) is 6.07 Å². The van der Waals surface area contributed by atoms with E-state index >= 15 is 0 Å². The normalized spacial score (nSPS) is 15.2. The van der Waals surface area contributed by atoms with E-state index in [1.54, 1.807) is 18.5 Å². The molecule has 4 N–H and O–H groups in total. The number of nitrogens with zero attached hydrogens (tertiary/aromatic N) is 3. The number of nitrogen functional groups attached to an aromatic ring is 1. The van der Waals surface area contributed by atoms with Gasteiger partial charge in [-0.2, -0.15) is 5.10 Å². The van der Waals surface area contributed by atoms with Crippen LogP contribution >= 0.6 is 0 Å². The molecule has 1 aliphatic rings. The van der Waals surface area contributed by atoms with E-state index in [0.29, 0.717) is 34.0 Å². The van der Waals surface area contributed by atoms with E-state index in [2.05, 4.69) is 51.0 Å². The highest BCUT2D eigenvalue weighted by Crippen LogP contribution is 2.41. The lowest BCUT2D eigenvalue weighted by Gasteiger charge is -2.42. The molecule has 1 aliphatic heterocycles. The van der Waals surface area contributed by atoms with Crippen LogP contribution in [0.5, 0.6) is 0 Å². The summed E-state index contributed by atoms with van der Waals surface area (Å²) in [6, 6.07) is 9.61. The van der Waals surface area contributed by atoms with Gasteiger partial charge in [0.2, 0.25) is 0 Å². The molecular formula is C25H23FN6O. The predicted molar refractivity (Wildman–Crippen MR) is 129 cm³/mol. The Bertz CT molecular complexity index is 1610. The number of pyridine rings is 2. The van der Waals surface area contributed by atoms with E-state index in [4.69, 9.17) is 5.73 Å². The van der Waals surface area contributed by atoms with Crippen LogP contribution in [0.25, 0.3) is 43.8 Å². The van der Waals surface area contributed by atoms with Gasteiger partial charge in [0.25, 0.3) is 5.56 Å². The minimum atomic E-state index is -0.407. The third-order valence-electron chi connectivity index (χ3n) is 6.86. The van der Waals surface area contributed by atoms with Gasteiger partial charge in [-0.05, 0) is 43.2 Å². The molecule has 8 heteroatoms. The highest BCUT2D eigenvalue weighted by Gasteiger charge is 2.32. The average molecular weight is 442 g/mol. The summed E-state index contributed by atoms with van der Waals surface area (Å²) < 4.78 is 14.4. The molecule has 0 atom stereocenters. The monoisotopic (exact) mass is 442 g/mol. The molecular weight excluding hydrogens is 419 g/mol. The molecule has 4 heterocycles. The van der Waals surface area contributed by atoms with Gasteiger partial charge in [-0.15, -0.1) is 0 Å². The van der Waals surface area contributed by atoms with Crippen molar-refractivity contribution >= 4 is 38.4 Å². The Balaban J connectivity index is 1.70. The van der Waals surface area contributed by atoms with Crippen molar-refractivity contribution in [2.45, 2.75) is 25.8 Å². The van der Waals surface area contributed by atoms with Crippen molar-refractivity contribution in [1.82, 2.24) is 25.1 Å². The summed E-state index contributed by atoms with van der Waals surface area (Å²) in [6.45, 7) is 6.32. The van der Waals surface area contributed by atoms with Gasteiger partial charge in [-0.3, -0.25) is 19.8 Å². The number of aromatic nitrogens is 4. The molecule has 0 bridgehead atoms. The van der Waals surface area contributed by atoms with Crippen molar-refractivity contribution < 1.29 is 4.39 Å². The first-order chi connectivity index (χ1) is 15.9. The van der Waals surface area contributed by atoms with Gasteiger partial charge in [0.05, 0.1) is 17.2 Å². The second kappa shape index (κ2) is 7.11. The van der Waals surface area contributed by atoms with Crippen molar-refractivity contribution in [2.24, 2.45) is 0 Å². The second-order valence-corrected chi connectivity index (χ2v) is 9.03. The van der Waals surface area contributed by atoms with Gasteiger partial charge >= 0.3 is 0 Å². The summed E-state index contributed by atoms with van der Waals surface area (Å²) in [5, 5.41) is 9.11. The fourth-order valence-corrected chi connectivity index (χ4v) is 5.01. The molecule has 0 amide bonds. The van der Waals surface area contributed by atoms with E-state index in [0.717, 1.165) is 29.4 Å². The fourth-order valence-electron chi connectivity index (χ4n) is 5.01. The van der Waals surface area contributed by atoms with Gasteiger partial charge in [-0.25, -0.2) is 4.39 Å². The van der Waals surface area contributed by atoms with Crippen molar-refractivity contribution in [1.29, 1.82) is 0 Å². The summed E-state index contributed by atoms with van der Waals surface area (Å²) in [7, 11) is 0. The summed E-state index contributed by atoms with van der Waals surface area (Å²) >= 11 is 0. The number of anilines is 1. The Labute approximate surface area is 188 Å². The van der Waals surface area contributed by atoms with Crippen LogP contribution in [0.1, 0.15) is 25.3 Å². The minimum absolute atomic E-state index is 0.0928. The number of hydrogen-bond donors (Lipinski definition) is 3. The van der Waals surface area contributed by atoms with Crippen LogP contribution in [-0.2, 0) is 0 Å². The standard InChI is InChI=1S/C25H23FN6O/c1-12(2)32-10-13(11-32)16-8-17-20(14-5-6-19(26)22-18(14)9-29-31-22)21(27)25(33)30-24(17)23-15(16)4-3-7-28-23/h3-9,12-13H,10-11,27H2,1-2H3,(H,29,31)(H,30,33). The Morgan fingerprint density at radius 2 is 1.97 bits per heavy atom. The van der Waals surface area contributed by atoms with Crippen LogP contribution in [0, 0.1) is 5.82 Å². The topological polar surface area (TPSA) is 104 Å². The highest BCUT2D eigenvalue weighted by atomic mass is 19.1. The van der Waals surface area contributed by atoms with E-state index in [1.165, 1.54) is 11.6 Å². The largest absolute Gasteiger partial charge is 0.394 e. The van der Waals surface area contributed by atoms with Crippen LogP contribution in [0.15, 0.2) is 47.5 Å². The maximum absolute atomic E-state index is 14.4. The Hall–Kier alpha value is -3.78. The van der Waals surface area contributed by atoms with Gasteiger partial charge in [-0.1, -0.05) is 12.1 Å². The third-order valence-corrected chi connectivity index (χ3v) is 6.86. The summed E-state index contributed by atoms with van der Waals surface area (Å²) in [4.78, 5) is 22.9. The first kappa shape index (κ1) is 19.9. The van der Waals surface area contributed by atoms with Crippen molar-refractivity contribution in [3.05, 3.63) is 64.5 Å². The van der Waals surface area contributed by atoms with Crippen molar-refractivity contribution in [3.8, 4) is 11.1 Å². The lowest BCUT2D eigenvalue weighted by Crippen LogP contribution is -2.48. The number of likely N-dealkylation sites (tertiary alicyclic amines) is 1. The number of benzene rings is 2. The molecule has 1 saturated heterocycles. The zero-order chi connectivity index (χ0) is 22.9. The predicted octanol–water partition coefficient (Wildman–Crippen LogP) is 4.15. The maximum atomic E-state index is 14.4. The number of nitrogens with two attached hydrogens (primary N) is 1. The average Bonchev–Trinajstić information content (AvgIpc) is 3.26. The number of aromatic amines is 2. The molecule has 1 fully saturated rings. The molecule has 6 rings (SSSR count). The number of H-pyrrole nitrogens is 2. The van der Waals surface area contributed by atoms with E-state index < -0.39 is 11.4 Å². The number of rotatable bonds is 3. The SMILES string of the molecule is CC(C)N1CC(c2cc3c(-c4ccc(F)c5[nH]ncc45)c(N)c(=O)[nH]c3c3ncccc23)C1. The van der Waals surface area contributed by atoms with Crippen LogP contribution in [0.2, 0.25) is 0 Å². The first-order valence-electron chi connectivity index (χ1n) is 11.0. The smallest absolute Gasteiger partial charge is 0.272 e. The van der Waals surface area contributed by atoms with E-state index in [-0.39, 0.29) is 11.2 Å². The summed E-state index contributed by atoms with van der Waals surface area (Å²) in [6.07, 6.45) is 3.29. The second-order valence-electron chi connectivity index (χ2n) is 9.03. The molecule has 0 radical (unpaired) electrons. The zero-order valence-corrected chi connectivity index (χ0v) is 18.3. The number of halogens is 1. The quantitative estimate of drug-likeness (QED) is 0.364. The number of fused-ring (bicyclic) bond motifs is 4. The fraction of sp³-hybridized carbons (Fsp3) is 0.240. The van der Waals surface area contributed by atoms with E-state index in [9.17, 15) is 9.18 Å². The third kappa shape index (κ3) is 2.87. The molecule has 3 aromatic heterocycles. The maximum Gasteiger partial charge on any atom is 0.272 e. The molecule has 0 spiro atoms. The molecule has 166 valence electrons. The number of hydrogen-bond acceptors (Lipinski definition) is 5. The van der Waals surface area contributed by atoms with Crippen LogP contribution in [0.3, 0.4) is 0 Å². The Morgan fingerprint density at radius 1 is 1.15 bits per heavy atom. The molecule has 5 aromatic rings. The van der Waals surface area contributed by atoms with Gasteiger partial charge < -0.3 is 10.7 Å². The lowest BCUT2D eigenvalue weighted by atomic mass is 9.85.